The van der Waals surface area contributed by atoms with E-state index in [2.05, 4.69) is 5.32 Å². The Bertz CT molecular complexity index is 1040. The van der Waals surface area contributed by atoms with E-state index in [4.69, 9.17) is 0 Å². The highest BCUT2D eigenvalue weighted by atomic mass is 19.4. The average molecular weight is 505 g/mol. The van der Waals surface area contributed by atoms with Crippen LogP contribution in [-0.2, 0) is 17.1 Å². The standard InChI is InChI=1S/C24H26F7N3O/c1-14-8-19(25)4-5-20(14)21-12-32-6-7-34(21)13-22(35)33(3)15(2)16-9-17(23(26,27)28)11-18(10-16)24(29,30)31/h4-5,8-11,15,21,32H,6-7,12-13H2,1-3H3/t15-,21-/m1/s1. The van der Waals surface area contributed by atoms with E-state index in [1.54, 1.807) is 13.0 Å². The number of halogens is 7. The molecule has 2 aromatic rings. The first-order chi connectivity index (χ1) is 16.2. The molecule has 0 radical (unpaired) electrons. The molecule has 1 fully saturated rings. The van der Waals surface area contributed by atoms with E-state index >= 15 is 0 Å². The molecule has 1 aliphatic rings. The molecule has 35 heavy (non-hydrogen) atoms. The van der Waals surface area contributed by atoms with Gasteiger partial charge in [-0.25, -0.2) is 4.39 Å². The number of piperazine rings is 1. The topological polar surface area (TPSA) is 35.6 Å². The summed E-state index contributed by atoms with van der Waals surface area (Å²) in [6.07, 6.45) is -9.95. The minimum atomic E-state index is -4.97. The SMILES string of the molecule is Cc1cc(F)ccc1[C@H]1CNCCN1CC(=O)N(C)[C@H](C)c1cc(C(F)(F)F)cc(C(F)(F)F)c1. The van der Waals surface area contributed by atoms with Crippen LogP contribution < -0.4 is 5.32 Å². The van der Waals surface area contributed by atoms with E-state index in [9.17, 15) is 35.5 Å². The number of carbonyl (C=O) groups is 1. The number of amides is 1. The molecule has 0 aromatic heterocycles. The van der Waals surface area contributed by atoms with Crippen LogP contribution in [0, 0.1) is 12.7 Å². The maximum absolute atomic E-state index is 13.6. The molecular formula is C24H26F7N3O. The summed E-state index contributed by atoms with van der Waals surface area (Å²) in [4.78, 5) is 16.1. The van der Waals surface area contributed by atoms with Crippen molar-refractivity contribution in [2.75, 3.05) is 33.2 Å². The second-order valence-corrected chi connectivity index (χ2v) is 8.71. The first-order valence-corrected chi connectivity index (χ1v) is 10.9. The molecule has 1 N–H and O–H groups in total. The fraction of sp³-hybridized carbons (Fsp3) is 0.458. The smallest absolute Gasteiger partial charge is 0.338 e. The van der Waals surface area contributed by atoms with Crippen LogP contribution in [0.15, 0.2) is 36.4 Å². The van der Waals surface area contributed by atoms with Crippen LogP contribution in [0.25, 0.3) is 0 Å². The fourth-order valence-corrected chi connectivity index (χ4v) is 4.20. The third-order valence-electron chi connectivity index (χ3n) is 6.35. The molecule has 1 heterocycles. The zero-order chi connectivity index (χ0) is 26.1. The molecule has 0 saturated carbocycles. The molecule has 1 amide bonds. The van der Waals surface area contributed by atoms with E-state index in [1.807, 2.05) is 4.90 Å². The van der Waals surface area contributed by atoms with Crippen molar-refractivity contribution in [3.8, 4) is 0 Å². The van der Waals surface area contributed by atoms with Gasteiger partial charge in [-0.3, -0.25) is 9.69 Å². The molecule has 2 aromatic carbocycles. The van der Waals surface area contributed by atoms with Gasteiger partial charge in [0.05, 0.1) is 23.7 Å². The van der Waals surface area contributed by atoms with Crippen LogP contribution >= 0.6 is 0 Å². The molecule has 0 bridgehead atoms. The number of aryl methyl sites for hydroxylation is 1. The summed E-state index contributed by atoms with van der Waals surface area (Å²) in [6, 6.07) is 4.42. The highest BCUT2D eigenvalue weighted by molar-refractivity contribution is 5.78. The summed E-state index contributed by atoms with van der Waals surface area (Å²) in [5, 5.41) is 3.22. The number of nitrogens with one attached hydrogen (secondary N) is 1. The Morgan fingerprint density at radius 2 is 1.69 bits per heavy atom. The van der Waals surface area contributed by atoms with E-state index in [1.165, 1.54) is 26.1 Å². The minimum absolute atomic E-state index is 0.0639. The van der Waals surface area contributed by atoms with E-state index in [-0.39, 0.29) is 30.0 Å². The van der Waals surface area contributed by atoms with E-state index < -0.39 is 35.4 Å². The number of hydrogen-bond acceptors (Lipinski definition) is 3. The molecule has 4 nitrogen and oxygen atoms in total. The zero-order valence-corrected chi connectivity index (χ0v) is 19.4. The normalized spacial score (nSPS) is 18.4. The molecule has 11 heteroatoms. The van der Waals surface area contributed by atoms with Crippen LogP contribution in [-0.4, -0.2) is 48.9 Å². The lowest BCUT2D eigenvalue weighted by Gasteiger charge is -2.38. The maximum Gasteiger partial charge on any atom is 0.416 e. The van der Waals surface area contributed by atoms with Gasteiger partial charge in [-0.2, -0.15) is 26.3 Å². The average Bonchev–Trinajstić information content (AvgIpc) is 2.77. The lowest BCUT2D eigenvalue weighted by molar-refractivity contribution is -0.143. The molecule has 1 saturated heterocycles. The molecule has 3 rings (SSSR count). The van der Waals surface area contributed by atoms with Crippen LogP contribution in [0.3, 0.4) is 0 Å². The molecule has 2 atom stereocenters. The van der Waals surface area contributed by atoms with E-state index in [0.717, 1.165) is 10.5 Å². The third kappa shape index (κ3) is 6.32. The Morgan fingerprint density at radius 1 is 1.09 bits per heavy atom. The third-order valence-corrected chi connectivity index (χ3v) is 6.35. The summed E-state index contributed by atoms with van der Waals surface area (Å²) in [5.74, 6) is -0.847. The minimum Gasteiger partial charge on any atom is -0.338 e. The fourth-order valence-electron chi connectivity index (χ4n) is 4.20. The van der Waals surface area contributed by atoms with Gasteiger partial charge in [0.15, 0.2) is 0 Å². The van der Waals surface area contributed by atoms with Crippen LogP contribution in [0.2, 0.25) is 0 Å². The number of nitrogens with zero attached hydrogens (tertiary/aromatic N) is 2. The van der Waals surface area contributed by atoms with E-state index in [0.29, 0.717) is 37.3 Å². The van der Waals surface area contributed by atoms with Gasteiger partial charge in [0, 0.05) is 32.7 Å². The van der Waals surface area contributed by atoms with Crippen molar-refractivity contribution in [2.24, 2.45) is 0 Å². The molecule has 0 aliphatic carbocycles. The van der Waals surface area contributed by atoms with Gasteiger partial charge in [-0.15, -0.1) is 0 Å². The van der Waals surface area contributed by atoms with Crippen LogP contribution in [0.1, 0.15) is 46.8 Å². The Hall–Kier alpha value is -2.66. The Labute approximate surface area is 198 Å². The van der Waals surface area contributed by atoms with Crippen molar-refractivity contribution in [3.63, 3.8) is 0 Å². The second-order valence-electron chi connectivity index (χ2n) is 8.71. The van der Waals surface area contributed by atoms with Gasteiger partial charge in [0.25, 0.3) is 0 Å². The number of hydrogen-bond donors (Lipinski definition) is 1. The Kier molecular flexibility index (Phi) is 7.80. The van der Waals surface area contributed by atoms with Crippen molar-refractivity contribution >= 4 is 5.91 Å². The summed E-state index contributed by atoms with van der Waals surface area (Å²) in [5.41, 5.74) is -1.58. The molecule has 192 valence electrons. The summed E-state index contributed by atoms with van der Waals surface area (Å²) in [7, 11) is 1.35. The molecular weight excluding hydrogens is 479 g/mol. The zero-order valence-electron chi connectivity index (χ0n) is 19.4. The van der Waals surface area contributed by atoms with Crippen LogP contribution in [0.5, 0.6) is 0 Å². The Balaban J connectivity index is 1.83. The molecule has 0 spiro atoms. The predicted molar refractivity (Wildman–Crippen MR) is 116 cm³/mol. The molecule has 0 unspecified atom stereocenters. The van der Waals surface area contributed by atoms with Crippen molar-refractivity contribution in [1.82, 2.24) is 15.1 Å². The summed E-state index contributed by atoms with van der Waals surface area (Å²) in [6.45, 7) is 4.61. The van der Waals surface area contributed by atoms with Gasteiger partial charge in [0.2, 0.25) is 5.91 Å². The summed E-state index contributed by atoms with van der Waals surface area (Å²) < 4.78 is 93.0. The van der Waals surface area contributed by atoms with Crippen molar-refractivity contribution in [3.05, 3.63) is 70.0 Å². The first kappa shape index (κ1) is 26.9. The quantitative estimate of drug-likeness (QED) is 0.558. The number of likely N-dealkylation sites (N-methyl/N-ethyl adjacent to an activating group) is 1. The highest BCUT2D eigenvalue weighted by Crippen LogP contribution is 2.38. The largest absolute Gasteiger partial charge is 0.416 e. The Morgan fingerprint density at radius 3 is 2.23 bits per heavy atom. The number of alkyl halides is 6. The lowest BCUT2D eigenvalue weighted by atomic mass is 9.98. The first-order valence-electron chi connectivity index (χ1n) is 10.9. The lowest BCUT2D eigenvalue weighted by Crippen LogP contribution is -2.50. The van der Waals surface area contributed by atoms with Gasteiger partial charge < -0.3 is 10.2 Å². The van der Waals surface area contributed by atoms with Gasteiger partial charge in [-0.1, -0.05) is 6.07 Å². The van der Waals surface area contributed by atoms with Gasteiger partial charge in [0.1, 0.15) is 5.82 Å². The van der Waals surface area contributed by atoms with Crippen molar-refractivity contribution in [2.45, 2.75) is 38.3 Å². The maximum atomic E-state index is 13.6. The number of benzene rings is 2. The molecule has 1 aliphatic heterocycles. The van der Waals surface area contributed by atoms with Gasteiger partial charge >= 0.3 is 12.4 Å². The second kappa shape index (κ2) is 10.1. The van der Waals surface area contributed by atoms with Crippen LogP contribution in [0.4, 0.5) is 30.7 Å². The van der Waals surface area contributed by atoms with Crippen molar-refractivity contribution < 1.29 is 35.5 Å². The van der Waals surface area contributed by atoms with Gasteiger partial charge in [-0.05, 0) is 60.9 Å². The predicted octanol–water partition coefficient (Wildman–Crippen LogP) is 5.34. The number of rotatable bonds is 5. The number of carbonyl (C=O) groups excluding carboxylic acids is 1. The summed E-state index contributed by atoms with van der Waals surface area (Å²) >= 11 is 0. The highest BCUT2D eigenvalue weighted by Gasteiger charge is 2.38. The van der Waals surface area contributed by atoms with Crippen molar-refractivity contribution in [1.29, 1.82) is 0 Å². The monoisotopic (exact) mass is 505 g/mol.